The van der Waals surface area contributed by atoms with Gasteiger partial charge in [0.1, 0.15) is 5.75 Å². The first kappa shape index (κ1) is 19.4. The molecule has 0 atom stereocenters. The molecule has 0 fully saturated rings. The number of nitrogens with zero attached hydrogens (tertiary/aromatic N) is 3. The summed E-state index contributed by atoms with van der Waals surface area (Å²) in [6, 6.07) is 13.1. The van der Waals surface area contributed by atoms with Gasteiger partial charge in [0.15, 0.2) is 0 Å². The highest BCUT2D eigenvalue weighted by Crippen LogP contribution is 2.23. The van der Waals surface area contributed by atoms with Crippen molar-refractivity contribution in [1.82, 2.24) is 14.3 Å². The number of carbonyl (C=O) groups excluding carboxylic acids is 1. The zero-order chi connectivity index (χ0) is 20.3. The van der Waals surface area contributed by atoms with E-state index in [0.717, 1.165) is 9.25 Å². The van der Waals surface area contributed by atoms with Gasteiger partial charge in [-0.2, -0.15) is 9.78 Å². The van der Waals surface area contributed by atoms with Gasteiger partial charge in [-0.05, 0) is 43.3 Å². The number of anilines is 1. The molecule has 3 rings (SSSR count). The fourth-order valence-corrected chi connectivity index (χ4v) is 2.63. The van der Waals surface area contributed by atoms with Gasteiger partial charge >= 0.3 is 5.69 Å². The fourth-order valence-electron chi connectivity index (χ4n) is 2.50. The Morgan fingerprint density at radius 1 is 1.14 bits per heavy atom. The number of aromatic nitrogens is 3. The number of ether oxygens (including phenoxy) is 1. The van der Waals surface area contributed by atoms with Gasteiger partial charge in [0.25, 0.3) is 11.5 Å². The maximum atomic E-state index is 12.7. The maximum absolute atomic E-state index is 12.7. The van der Waals surface area contributed by atoms with E-state index in [0.29, 0.717) is 28.8 Å². The summed E-state index contributed by atoms with van der Waals surface area (Å²) in [7, 11) is 1.28. The van der Waals surface area contributed by atoms with Crippen LogP contribution in [-0.4, -0.2) is 26.9 Å². The summed E-state index contributed by atoms with van der Waals surface area (Å²) >= 11 is 5.87. The number of amides is 1. The monoisotopic (exact) mass is 400 g/mol. The molecule has 0 aliphatic heterocycles. The number of hydrogen-bond acceptors (Lipinski definition) is 5. The molecular weight excluding hydrogens is 384 g/mol. The first-order chi connectivity index (χ1) is 13.4. The predicted molar refractivity (Wildman–Crippen MR) is 106 cm³/mol. The molecule has 0 unspecified atom stereocenters. The summed E-state index contributed by atoms with van der Waals surface area (Å²) in [5.41, 5.74) is -1.15. The van der Waals surface area contributed by atoms with E-state index in [4.69, 9.17) is 16.3 Å². The Labute approximate surface area is 165 Å². The van der Waals surface area contributed by atoms with Gasteiger partial charge in [-0.15, -0.1) is 0 Å². The van der Waals surface area contributed by atoms with Crippen LogP contribution in [0, 0.1) is 0 Å². The molecule has 1 heterocycles. The van der Waals surface area contributed by atoms with Crippen LogP contribution in [0.3, 0.4) is 0 Å². The summed E-state index contributed by atoms with van der Waals surface area (Å²) in [4.78, 5) is 37.6. The number of carbonyl (C=O) groups is 1. The Hall–Kier alpha value is -3.39. The number of benzene rings is 2. The molecule has 0 spiro atoms. The number of halogens is 1. The molecule has 0 bridgehead atoms. The van der Waals surface area contributed by atoms with Crippen molar-refractivity contribution in [2.24, 2.45) is 7.05 Å². The quantitative estimate of drug-likeness (QED) is 0.708. The zero-order valence-electron chi connectivity index (χ0n) is 15.2. The highest BCUT2D eigenvalue weighted by molar-refractivity contribution is 6.30. The topological polar surface area (TPSA) is 95.2 Å². The van der Waals surface area contributed by atoms with E-state index >= 15 is 0 Å². The van der Waals surface area contributed by atoms with E-state index in [1.807, 2.05) is 6.92 Å². The highest BCUT2D eigenvalue weighted by Gasteiger charge is 2.20. The molecule has 28 heavy (non-hydrogen) atoms. The minimum absolute atomic E-state index is 0.369. The maximum Gasteiger partial charge on any atom is 0.351 e. The smallest absolute Gasteiger partial charge is 0.351 e. The molecular formula is C19H17ClN4O4. The van der Waals surface area contributed by atoms with Crippen LogP contribution < -0.4 is 21.3 Å². The molecule has 0 aliphatic rings. The van der Waals surface area contributed by atoms with Gasteiger partial charge in [0, 0.05) is 12.1 Å². The molecule has 144 valence electrons. The first-order valence-corrected chi connectivity index (χ1v) is 8.79. The van der Waals surface area contributed by atoms with Crippen molar-refractivity contribution in [2.45, 2.75) is 6.92 Å². The van der Waals surface area contributed by atoms with Gasteiger partial charge in [-0.3, -0.25) is 14.2 Å². The van der Waals surface area contributed by atoms with Crippen molar-refractivity contribution in [1.29, 1.82) is 0 Å². The van der Waals surface area contributed by atoms with E-state index in [9.17, 15) is 14.4 Å². The molecule has 8 nitrogen and oxygen atoms in total. The van der Waals surface area contributed by atoms with Crippen molar-refractivity contribution in [3.05, 3.63) is 80.1 Å². The molecule has 0 saturated heterocycles. The summed E-state index contributed by atoms with van der Waals surface area (Å²) in [5, 5.41) is 7.07. The SMILES string of the molecule is CCOc1ccccc1NC(=O)c1nn(-c2ccc(Cl)cc2)c(=O)n(C)c1=O. The summed E-state index contributed by atoms with van der Waals surface area (Å²) < 4.78 is 7.26. The number of para-hydroxylation sites is 2. The second kappa shape index (κ2) is 8.10. The first-order valence-electron chi connectivity index (χ1n) is 8.42. The molecule has 3 aromatic rings. The lowest BCUT2D eigenvalue weighted by molar-refractivity contribution is 0.101. The van der Waals surface area contributed by atoms with Crippen molar-refractivity contribution < 1.29 is 9.53 Å². The van der Waals surface area contributed by atoms with Crippen LogP contribution in [0.25, 0.3) is 5.69 Å². The fraction of sp³-hybridized carbons (Fsp3) is 0.158. The number of rotatable bonds is 5. The molecule has 9 heteroatoms. The molecule has 0 aliphatic carbocycles. The van der Waals surface area contributed by atoms with E-state index < -0.39 is 22.9 Å². The van der Waals surface area contributed by atoms with E-state index in [2.05, 4.69) is 10.4 Å². The van der Waals surface area contributed by atoms with Crippen molar-refractivity contribution in [2.75, 3.05) is 11.9 Å². The molecule has 1 amide bonds. The third-order valence-corrected chi connectivity index (χ3v) is 4.15. The highest BCUT2D eigenvalue weighted by atomic mass is 35.5. The second-order valence-corrected chi connectivity index (χ2v) is 6.20. The largest absolute Gasteiger partial charge is 0.492 e. The summed E-state index contributed by atoms with van der Waals surface area (Å²) in [6.07, 6.45) is 0. The Bertz CT molecular complexity index is 1140. The molecule has 0 saturated carbocycles. The van der Waals surface area contributed by atoms with E-state index in [1.165, 1.54) is 7.05 Å². The minimum Gasteiger partial charge on any atom is -0.492 e. The van der Waals surface area contributed by atoms with Crippen LogP contribution in [0.1, 0.15) is 17.4 Å². The van der Waals surface area contributed by atoms with Crippen molar-refractivity contribution >= 4 is 23.2 Å². The third kappa shape index (κ3) is 3.81. The lowest BCUT2D eigenvalue weighted by Crippen LogP contribution is -2.43. The van der Waals surface area contributed by atoms with Gasteiger partial charge in [-0.25, -0.2) is 4.79 Å². The van der Waals surface area contributed by atoms with Crippen LogP contribution in [0.5, 0.6) is 5.75 Å². The summed E-state index contributed by atoms with van der Waals surface area (Å²) in [6.45, 7) is 2.23. The normalized spacial score (nSPS) is 10.5. The van der Waals surface area contributed by atoms with Crippen LogP contribution >= 0.6 is 11.6 Å². The van der Waals surface area contributed by atoms with Crippen molar-refractivity contribution in [3.63, 3.8) is 0 Å². The lowest BCUT2D eigenvalue weighted by atomic mass is 10.3. The molecule has 1 aromatic heterocycles. The predicted octanol–water partition coefficient (Wildman–Crippen LogP) is 2.24. The zero-order valence-corrected chi connectivity index (χ0v) is 15.9. The average Bonchev–Trinajstić information content (AvgIpc) is 2.69. The van der Waals surface area contributed by atoms with Crippen molar-refractivity contribution in [3.8, 4) is 11.4 Å². The third-order valence-electron chi connectivity index (χ3n) is 3.90. The van der Waals surface area contributed by atoms with Crippen LogP contribution in [0.2, 0.25) is 5.02 Å². The Balaban J connectivity index is 2.05. The van der Waals surface area contributed by atoms with E-state index in [-0.39, 0.29) is 0 Å². The van der Waals surface area contributed by atoms with Crippen LogP contribution in [0.15, 0.2) is 58.1 Å². The number of hydrogen-bond donors (Lipinski definition) is 1. The lowest BCUT2D eigenvalue weighted by Gasteiger charge is -2.12. The molecule has 2 aromatic carbocycles. The Morgan fingerprint density at radius 2 is 1.82 bits per heavy atom. The average molecular weight is 401 g/mol. The van der Waals surface area contributed by atoms with Crippen LogP contribution in [0.4, 0.5) is 5.69 Å². The Morgan fingerprint density at radius 3 is 2.50 bits per heavy atom. The van der Waals surface area contributed by atoms with Gasteiger partial charge in [-0.1, -0.05) is 23.7 Å². The Kier molecular flexibility index (Phi) is 5.60. The van der Waals surface area contributed by atoms with Gasteiger partial charge in [0.2, 0.25) is 5.69 Å². The molecule has 1 N–H and O–H groups in total. The molecule has 0 radical (unpaired) electrons. The standard InChI is InChI=1S/C19H17ClN4O4/c1-3-28-15-7-5-4-6-14(15)21-17(25)16-18(26)23(2)19(27)24(22-16)13-10-8-12(20)9-11-13/h4-11H,3H2,1-2H3,(H,21,25). The van der Waals surface area contributed by atoms with Crippen LogP contribution in [-0.2, 0) is 7.05 Å². The van der Waals surface area contributed by atoms with Gasteiger partial charge in [0.05, 0.1) is 18.0 Å². The minimum atomic E-state index is -0.804. The van der Waals surface area contributed by atoms with E-state index in [1.54, 1.807) is 48.5 Å². The second-order valence-electron chi connectivity index (χ2n) is 5.77. The van der Waals surface area contributed by atoms with Gasteiger partial charge < -0.3 is 10.1 Å². The summed E-state index contributed by atoms with van der Waals surface area (Å²) in [5.74, 6) is -0.295. The number of nitrogens with one attached hydrogen (secondary N) is 1.